The SMILES string of the molecule is O=C=C1CC(c2ccc([N+](=O)[O-])cc2)OC1=O. The number of carbonyl (C=O) groups excluding carboxylic acids is 2. The Morgan fingerprint density at radius 3 is 2.47 bits per heavy atom. The lowest BCUT2D eigenvalue weighted by molar-refractivity contribution is -0.384. The average Bonchev–Trinajstić information content (AvgIpc) is 2.70. The van der Waals surface area contributed by atoms with Crippen LogP contribution in [0.4, 0.5) is 5.69 Å². The number of non-ortho nitro benzene ring substituents is 1. The number of ether oxygens (including phenoxy) is 1. The molecular formula is C11H7NO5. The standard InChI is InChI=1S/C11H7NO5/c13-6-8-5-10(17-11(8)14)7-1-3-9(4-2-7)12(15)16/h1-4,10H,5H2. The lowest BCUT2D eigenvalue weighted by Gasteiger charge is -2.07. The maximum atomic E-state index is 11.1. The molecule has 0 bridgehead atoms. The smallest absolute Gasteiger partial charge is 0.346 e. The second-order valence-corrected chi connectivity index (χ2v) is 3.53. The summed E-state index contributed by atoms with van der Waals surface area (Å²) in [6.07, 6.45) is -0.403. The predicted molar refractivity (Wildman–Crippen MR) is 55.8 cm³/mol. The van der Waals surface area contributed by atoms with Gasteiger partial charge in [0.05, 0.1) is 4.92 Å². The van der Waals surface area contributed by atoms with Crippen molar-refractivity contribution in [2.24, 2.45) is 0 Å². The first-order valence-electron chi connectivity index (χ1n) is 4.81. The summed E-state index contributed by atoms with van der Waals surface area (Å²) in [6.45, 7) is 0. The molecule has 0 spiro atoms. The Morgan fingerprint density at radius 1 is 1.35 bits per heavy atom. The Morgan fingerprint density at radius 2 is 2.00 bits per heavy atom. The molecule has 0 N–H and O–H groups in total. The van der Waals surface area contributed by atoms with E-state index in [4.69, 9.17) is 4.74 Å². The number of nitro benzene ring substituents is 1. The molecule has 6 nitrogen and oxygen atoms in total. The van der Waals surface area contributed by atoms with Gasteiger partial charge in [-0.1, -0.05) is 0 Å². The van der Waals surface area contributed by atoms with Gasteiger partial charge in [-0.25, -0.2) is 9.59 Å². The highest BCUT2D eigenvalue weighted by molar-refractivity contribution is 5.98. The minimum atomic E-state index is -0.677. The molecule has 6 heteroatoms. The highest BCUT2D eigenvalue weighted by Crippen LogP contribution is 2.32. The van der Waals surface area contributed by atoms with Gasteiger partial charge >= 0.3 is 5.97 Å². The van der Waals surface area contributed by atoms with E-state index in [0.717, 1.165) is 0 Å². The van der Waals surface area contributed by atoms with Crippen LogP contribution in [0.5, 0.6) is 0 Å². The molecule has 0 aliphatic carbocycles. The zero-order valence-corrected chi connectivity index (χ0v) is 8.58. The summed E-state index contributed by atoms with van der Waals surface area (Å²) in [4.78, 5) is 31.5. The summed E-state index contributed by atoms with van der Waals surface area (Å²) in [5, 5.41) is 10.4. The van der Waals surface area contributed by atoms with Gasteiger partial charge in [0, 0.05) is 18.6 Å². The zero-order chi connectivity index (χ0) is 12.4. The van der Waals surface area contributed by atoms with Crippen LogP contribution in [0.15, 0.2) is 29.8 Å². The number of benzene rings is 1. The van der Waals surface area contributed by atoms with Crippen LogP contribution in [-0.2, 0) is 14.3 Å². The summed E-state index contributed by atoms with van der Waals surface area (Å²) < 4.78 is 4.94. The molecule has 17 heavy (non-hydrogen) atoms. The van der Waals surface area contributed by atoms with Gasteiger partial charge in [0.2, 0.25) is 0 Å². The fraction of sp³-hybridized carbons (Fsp3) is 0.182. The number of rotatable bonds is 2. The van der Waals surface area contributed by atoms with E-state index in [9.17, 15) is 19.7 Å². The zero-order valence-electron chi connectivity index (χ0n) is 8.58. The van der Waals surface area contributed by atoms with Crippen molar-refractivity contribution >= 4 is 17.6 Å². The van der Waals surface area contributed by atoms with E-state index in [1.165, 1.54) is 30.2 Å². The molecular weight excluding hydrogens is 226 g/mol. The quantitative estimate of drug-likeness (QED) is 0.253. The van der Waals surface area contributed by atoms with Gasteiger partial charge in [-0.3, -0.25) is 10.1 Å². The topological polar surface area (TPSA) is 86.5 Å². The highest BCUT2D eigenvalue weighted by Gasteiger charge is 2.31. The van der Waals surface area contributed by atoms with Crippen molar-refractivity contribution in [3.8, 4) is 0 Å². The Balaban J connectivity index is 2.22. The molecule has 1 aromatic carbocycles. The van der Waals surface area contributed by atoms with Crippen molar-refractivity contribution in [2.75, 3.05) is 0 Å². The van der Waals surface area contributed by atoms with E-state index in [0.29, 0.717) is 5.56 Å². The number of esters is 1. The van der Waals surface area contributed by atoms with E-state index in [2.05, 4.69) is 0 Å². The number of cyclic esters (lactones) is 1. The first-order valence-corrected chi connectivity index (χ1v) is 4.81. The molecule has 0 radical (unpaired) electrons. The van der Waals surface area contributed by atoms with Crippen LogP contribution in [0.3, 0.4) is 0 Å². The van der Waals surface area contributed by atoms with Gasteiger partial charge in [0.1, 0.15) is 17.6 Å². The van der Waals surface area contributed by atoms with Gasteiger partial charge in [-0.2, -0.15) is 0 Å². The van der Waals surface area contributed by atoms with Gasteiger partial charge in [-0.05, 0) is 17.7 Å². The molecule has 1 unspecified atom stereocenters. The maximum Gasteiger partial charge on any atom is 0.346 e. The Labute approximate surface area is 95.7 Å². The van der Waals surface area contributed by atoms with Crippen molar-refractivity contribution in [2.45, 2.75) is 12.5 Å². The highest BCUT2D eigenvalue weighted by atomic mass is 16.6. The van der Waals surface area contributed by atoms with Gasteiger partial charge in [0.25, 0.3) is 5.69 Å². The lowest BCUT2D eigenvalue weighted by atomic mass is 10.0. The fourth-order valence-corrected chi connectivity index (χ4v) is 1.59. The molecule has 86 valence electrons. The Bertz CT molecular complexity index is 527. The monoisotopic (exact) mass is 233 g/mol. The number of carbonyl (C=O) groups is 1. The molecule has 0 saturated carbocycles. The van der Waals surface area contributed by atoms with Crippen LogP contribution in [0.1, 0.15) is 18.1 Å². The summed E-state index contributed by atoms with van der Waals surface area (Å²) in [6, 6.07) is 5.66. The number of hydrogen-bond acceptors (Lipinski definition) is 5. The van der Waals surface area contributed by atoms with Crippen LogP contribution in [0.25, 0.3) is 0 Å². The number of nitrogens with zero attached hydrogens (tertiary/aromatic N) is 1. The minimum Gasteiger partial charge on any atom is -0.453 e. The first-order chi connectivity index (χ1) is 8.11. The van der Waals surface area contributed by atoms with Crippen molar-refractivity contribution in [3.63, 3.8) is 0 Å². The van der Waals surface area contributed by atoms with E-state index >= 15 is 0 Å². The van der Waals surface area contributed by atoms with Crippen LogP contribution in [-0.4, -0.2) is 16.8 Å². The molecule has 0 amide bonds. The number of nitro groups is 1. The average molecular weight is 233 g/mol. The van der Waals surface area contributed by atoms with Crippen molar-refractivity contribution < 1.29 is 19.2 Å². The third-order valence-electron chi connectivity index (χ3n) is 2.48. The second-order valence-electron chi connectivity index (χ2n) is 3.53. The van der Waals surface area contributed by atoms with Crippen molar-refractivity contribution in [3.05, 3.63) is 45.5 Å². The van der Waals surface area contributed by atoms with E-state index < -0.39 is 17.0 Å². The van der Waals surface area contributed by atoms with Gasteiger partial charge in [0.15, 0.2) is 0 Å². The van der Waals surface area contributed by atoms with Gasteiger partial charge in [-0.15, -0.1) is 0 Å². The molecule has 2 rings (SSSR count). The van der Waals surface area contributed by atoms with Crippen LogP contribution < -0.4 is 0 Å². The van der Waals surface area contributed by atoms with Crippen molar-refractivity contribution in [1.82, 2.24) is 0 Å². The molecule has 1 heterocycles. The first kappa shape index (κ1) is 11.0. The predicted octanol–water partition coefficient (Wildman–Crippen LogP) is 1.34. The summed E-state index contributed by atoms with van der Waals surface area (Å²) >= 11 is 0. The Hall–Kier alpha value is -2.46. The normalized spacial score (nSPS) is 18.7. The second kappa shape index (κ2) is 4.19. The molecule has 0 aromatic heterocycles. The molecule has 1 saturated heterocycles. The maximum absolute atomic E-state index is 11.1. The summed E-state index contributed by atoms with van der Waals surface area (Å²) in [7, 11) is 0. The molecule has 1 atom stereocenters. The Kier molecular flexibility index (Phi) is 2.72. The third-order valence-corrected chi connectivity index (χ3v) is 2.48. The van der Waals surface area contributed by atoms with Crippen LogP contribution >= 0.6 is 0 Å². The minimum absolute atomic E-state index is 0.0339. The van der Waals surface area contributed by atoms with E-state index in [1.54, 1.807) is 0 Å². The van der Waals surface area contributed by atoms with Crippen LogP contribution in [0.2, 0.25) is 0 Å². The van der Waals surface area contributed by atoms with E-state index in [-0.39, 0.29) is 17.7 Å². The van der Waals surface area contributed by atoms with E-state index in [1.807, 2.05) is 0 Å². The number of hydrogen-bond donors (Lipinski definition) is 0. The summed E-state index contributed by atoms with van der Waals surface area (Å²) in [5.74, 6) is 0.849. The molecule has 1 fully saturated rings. The lowest BCUT2D eigenvalue weighted by Crippen LogP contribution is -1.99. The molecule has 1 aliphatic heterocycles. The summed E-state index contributed by atoms with van der Waals surface area (Å²) in [5.41, 5.74) is 0.548. The van der Waals surface area contributed by atoms with Crippen LogP contribution in [0, 0.1) is 10.1 Å². The fourth-order valence-electron chi connectivity index (χ4n) is 1.59. The molecule has 1 aliphatic rings. The largest absolute Gasteiger partial charge is 0.453 e. The van der Waals surface area contributed by atoms with Crippen molar-refractivity contribution in [1.29, 1.82) is 0 Å². The third kappa shape index (κ3) is 2.07. The van der Waals surface area contributed by atoms with Gasteiger partial charge < -0.3 is 4.74 Å². The molecule has 1 aromatic rings.